The second-order valence-corrected chi connectivity index (χ2v) is 8.62. The highest BCUT2D eigenvalue weighted by Gasteiger charge is 2.22. The van der Waals surface area contributed by atoms with Crippen molar-refractivity contribution < 1.29 is 4.79 Å². The molecule has 1 aliphatic heterocycles. The molecule has 5 nitrogen and oxygen atoms in total. The average Bonchev–Trinajstić information content (AvgIpc) is 3.18. The maximum atomic E-state index is 12.7. The van der Waals surface area contributed by atoms with Gasteiger partial charge in [0.25, 0.3) is 0 Å². The van der Waals surface area contributed by atoms with Crippen LogP contribution >= 0.6 is 27.3 Å². The van der Waals surface area contributed by atoms with Crippen LogP contribution in [0.15, 0.2) is 58.6 Å². The van der Waals surface area contributed by atoms with Crippen molar-refractivity contribution in [2.75, 3.05) is 26.2 Å². The molecular formula is C21H21BrN4OS. The van der Waals surface area contributed by atoms with Gasteiger partial charge in [-0.2, -0.15) is 0 Å². The summed E-state index contributed by atoms with van der Waals surface area (Å²) in [5.41, 5.74) is 3.18. The maximum absolute atomic E-state index is 12.7. The zero-order valence-corrected chi connectivity index (χ0v) is 17.8. The van der Waals surface area contributed by atoms with E-state index >= 15 is 0 Å². The minimum Gasteiger partial charge on any atom is -0.340 e. The van der Waals surface area contributed by atoms with E-state index in [1.54, 1.807) is 11.3 Å². The standard InChI is InChI=1S/C21H21BrN4OS/c22-18-3-1-2-17(12-18)21-24-19(15-28-21)13-20(27)26-10-8-25(9-11-26)14-16-4-6-23-7-5-16/h1-7,12,15H,8-11,13-14H2. The van der Waals surface area contributed by atoms with E-state index in [9.17, 15) is 4.79 Å². The van der Waals surface area contributed by atoms with E-state index in [4.69, 9.17) is 0 Å². The Balaban J connectivity index is 1.30. The lowest BCUT2D eigenvalue weighted by Crippen LogP contribution is -2.48. The van der Waals surface area contributed by atoms with Crippen LogP contribution in [0.25, 0.3) is 10.6 Å². The molecule has 0 aliphatic carbocycles. The Kier molecular flexibility index (Phi) is 6.14. The van der Waals surface area contributed by atoms with Crippen LogP contribution in [0.3, 0.4) is 0 Å². The summed E-state index contributed by atoms with van der Waals surface area (Å²) < 4.78 is 1.03. The molecule has 3 aromatic rings. The topological polar surface area (TPSA) is 49.3 Å². The van der Waals surface area contributed by atoms with Crippen molar-refractivity contribution in [2.45, 2.75) is 13.0 Å². The first-order valence-electron chi connectivity index (χ1n) is 9.27. The van der Waals surface area contributed by atoms with Gasteiger partial charge in [-0.3, -0.25) is 14.7 Å². The molecule has 1 amide bonds. The number of piperazine rings is 1. The molecule has 0 unspecified atom stereocenters. The van der Waals surface area contributed by atoms with Gasteiger partial charge in [-0.05, 0) is 29.8 Å². The molecule has 0 saturated carbocycles. The number of carbonyl (C=O) groups excluding carboxylic acids is 1. The van der Waals surface area contributed by atoms with Gasteiger partial charge in [-0.15, -0.1) is 11.3 Å². The molecule has 1 aliphatic rings. The van der Waals surface area contributed by atoms with Gasteiger partial charge in [0, 0.05) is 60.5 Å². The Morgan fingerprint density at radius 3 is 2.64 bits per heavy atom. The van der Waals surface area contributed by atoms with Crippen LogP contribution in [0.1, 0.15) is 11.3 Å². The predicted octanol–water partition coefficient (Wildman–Crippen LogP) is 3.85. The average molecular weight is 457 g/mol. The first-order valence-corrected chi connectivity index (χ1v) is 10.9. The number of pyridine rings is 1. The normalized spacial score (nSPS) is 15.0. The molecule has 7 heteroatoms. The third-order valence-corrected chi connectivity index (χ3v) is 6.27. The van der Waals surface area contributed by atoms with Gasteiger partial charge in [-0.1, -0.05) is 28.1 Å². The minimum atomic E-state index is 0.162. The quantitative estimate of drug-likeness (QED) is 0.584. The number of benzene rings is 1. The Hall–Kier alpha value is -2.09. The fourth-order valence-corrected chi connectivity index (χ4v) is 4.53. The number of hydrogen-bond acceptors (Lipinski definition) is 5. The lowest BCUT2D eigenvalue weighted by molar-refractivity contribution is -0.132. The van der Waals surface area contributed by atoms with Crippen LogP contribution in [0, 0.1) is 0 Å². The van der Waals surface area contributed by atoms with Gasteiger partial charge in [0.1, 0.15) is 5.01 Å². The molecule has 0 N–H and O–H groups in total. The summed E-state index contributed by atoms with van der Waals surface area (Å²) in [4.78, 5) is 25.8. The molecule has 1 aromatic carbocycles. The van der Waals surface area contributed by atoms with Crippen molar-refractivity contribution in [3.63, 3.8) is 0 Å². The van der Waals surface area contributed by atoms with E-state index in [0.29, 0.717) is 6.42 Å². The van der Waals surface area contributed by atoms with Crippen LogP contribution in [-0.4, -0.2) is 51.9 Å². The molecule has 2 aromatic heterocycles. The summed E-state index contributed by atoms with van der Waals surface area (Å²) in [6.07, 6.45) is 4.02. The fourth-order valence-electron chi connectivity index (χ4n) is 3.31. The zero-order chi connectivity index (χ0) is 19.3. The summed E-state index contributed by atoms with van der Waals surface area (Å²) in [5, 5.41) is 2.94. The van der Waals surface area contributed by atoms with Crippen molar-refractivity contribution in [3.05, 3.63) is 69.9 Å². The largest absolute Gasteiger partial charge is 0.340 e. The van der Waals surface area contributed by atoms with Gasteiger partial charge >= 0.3 is 0 Å². The number of aromatic nitrogens is 2. The molecular weight excluding hydrogens is 436 g/mol. The van der Waals surface area contributed by atoms with Crippen molar-refractivity contribution in [3.8, 4) is 10.6 Å². The highest BCUT2D eigenvalue weighted by Crippen LogP contribution is 2.26. The van der Waals surface area contributed by atoms with Crippen LogP contribution in [0.2, 0.25) is 0 Å². The lowest BCUT2D eigenvalue weighted by Gasteiger charge is -2.34. The molecule has 0 radical (unpaired) electrons. The number of carbonyl (C=O) groups is 1. The number of halogens is 1. The van der Waals surface area contributed by atoms with E-state index < -0.39 is 0 Å². The number of hydrogen-bond donors (Lipinski definition) is 0. The minimum absolute atomic E-state index is 0.162. The number of rotatable bonds is 5. The Bertz CT molecular complexity index is 938. The van der Waals surface area contributed by atoms with E-state index in [1.165, 1.54) is 5.56 Å². The molecule has 0 atom stereocenters. The van der Waals surface area contributed by atoms with Gasteiger partial charge < -0.3 is 4.90 Å². The summed E-state index contributed by atoms with van der Waals surface area (Å²) in [6, 6.07) is 12.2. The Morgan fingerprint density at radius 2 is 1.89 bits per heavy atom. The third-order valence-electron chi connectivity index (χ3n) is 4.84. The second-order valence-electron chi connectivity index (χ2n) is 6.84. The molecule has 0 spiro atoms. The van der Waals surface area contributed by atoms with Crippen LogP contribution < -0.4 is 0 Å². The molecule has 0 bridgehead atoms. The summed E-state index contributed by atoms with van der Waals surface area (Å²) >= 11 is 5.08. The van der Waals surface area contributed by atoms with Gasteiger partial charge in [-0.25, -0.2) is 4.98 Å². The van der Waals surface area contributed by atoms with E-state index in [0.717, 1.165) is 53.5 Å². The summed E-state index contributed by atoms with van der Waals surface area (Å²) in [5.74, 6) is 0.162. The third kappa shape index (κ3) is 4.84. The van der Waals surface area contributed by atoms with Crippen LogP contribution in [0.5, 0.6) is 0 Å². The van der Waals surface area contributed by atoms with E-state index in [1.807, 2.05) is 59.1 Å². The van der Waals surface area contributed by atoms with Crippen molar-refractivity contribution in [1.82, 2.24) is 19.8 Å². The first-order chi connectivity index (χ1) is 13.7. The summed E-state index contributed by atoms with van der Waals surface area (Å²) in [7, 11) is 0. The van der Waals surface area contributed by atoms with Crippen molar-refractivity contribution in [2.24, 2.45) is 0 Å². The lowest BCUT2D eigenvalue weighted by atomic mass is 10.2. The highest BCUT2D eigenvalue weighted by atomic mass is 79.9. The molecule has 28 heavy (non-hydrogen) atoms. The molecule has 1 fully saturated rings. The monoisotopic (exact) mass is 456 g/mol. The number of thiazole rings is 1. The SMILES string of the molecule is O=C(Cc1csc(-c2cccc(Br)c2)n1)N1CCN(Cc2ccncc2)CC1. The Morgan fingerprint density at radius 1 is 1.11 bits per heavy atom. The van der Waals surface area contributed by atoms with E-state index in [-0.39, 0.29) is 5.91 Å². The second kappa shape index (κ2) is 8.94. The van der Waals surface area contributed by atoms with E-state index in [2.05, 4.69) is 30.8 Å². The number of amides is 1. The smallest absolute Gasteiger partial charge is 0.228 e. The number of nitrogens with zero attached hydrogens (tertiary/aromatic N) is 4. The maximum Gasteiger partial charge on any atom is 0.228 e. The molecule has 4 rings (SSSR count). The van der Waals surface area contributed by atoms with Crippen molar-refractivity contribution >= 4 is 33.2 Å². The van der Waals surface area contributed by atoms with Crippen molar-refractivity contribution in [1.29, 1.82) is 0 Å². The molecule has 1 saturated heterocycles. The van der Waals surface area contributed by atoms with Crippen LogP contribution in [0.4, 0.5) is 0 Å². The van der Waals surface area contributed by atoms with Crippen LogP contribution in [-0.2, 0) is 17.8 Å². The van der Waals surface area contributed by atoms with Gasteiger partial charge in [0.05, 0.1) is 12.1 Å². The van der Waals surface area contributed by atoms with Gasteiger partial charge in [0.15, 0.2) is 0 Å². The zero-order valence-electron chi connectivity index (χ0n) is 15.4. The molecule has 144 valence electrons. The predicted molar refractivity (Wildman–Crippen MR) is 115 cm³/mol. The first kappa shape index (κ1) is 19.2. The fraction of sp³-hybridized carbons (Fsp3) is 0.286. The Labute approximate surface area is 177 Å². The summed E-state index contributed by atoms with van der Waals surface area (Å²) in [6.45, 7) is 4.24. The highest BCUT2D eigenvalue weighted by molar-refractivity contribution is 9.10. The van der Waals surface area contributed by atoms with Gasteiger partial charge in [0.2, 0.25) is 5.91 Å². The molecule has 3 heterocycles.